The van der Waals surface area contributed by atoms with E-state index in [0.717, 1.165) is 12.8 Å². The van der Waals surface area contributed by atoms with Gasteiger partial charge in [-0.15, -0.1) is 0 Å². The Morgan fingerprint density at radius 1 is 1.46 bits per heavy atom. The molecule has 1 N–H and O–H groups in total. The van der Waals surface area contributed by atoms with Gasteiger partial charge in [0.15, 0.2) is 0 Å². The van der Waals surface area contributed by atoms with Gasteiger partial charge in [0, 0.05) is 13.0 Å². The van der Waals surface area contributed by atoms with E-state index >= 15 is 0 Å². The highest BCUT2D eigenvalue weighted by Gasteiger charge is 2.38. The van der Waals surface area contributed by atoms with Gasteiger partial charge in [0.2, 0.25) is 5.91 Å². The Labute approximate surface area is 76.5 Å². The van der Waals surface area contributed by atoms with Crippen molar-refractivity contribution in [2.45, 2.75) is 31.7 Å². The van der Waals surface area contributed by atoms with E-state index in [2.05, 4.69) is 0 Å². The van der Waals surface area contributed by atoms with Crippen LogP contribution in [0.5, 0.6) is 0 Å². The topological polar surface area (TPSA) is 57.6 Å². The van der Waals surface area contributed by atoms with Crippen LogP contribution < -0.4 is 0 Å². The number of aliphatic carboxylic acids is 1. The van der Waals surface area contributed by atoms with E-state index in [1.165, 1.54) is 0 Å². The molecule has 1 saturated heterocycles. The number of hydrogen-bond donors (Lipinski definition) is 1. The molecular formula is C9H13NO3. The van der Waals surface area contributed by atoms with Crippen molar-refractivity contribution in [3.8, 4) is 0 Å². The van der Waals surface area contributed by atoms with Crippen molar-refractivity contribution in [1.29, 1.82) is 0 Å². The number of rotatable bonds is 3. The van der Waals surface area contributed by atoms with Gasteiger partial charge in [0.1, 0.15) is 6.04 Å². The molecule has 0 aromatic heterocycles. The lowest BCUT2D eigenvalue weighted by molar-refractivity contribution is -0.146. The van der Waals surface area contributed by atoms with Crippen LogP contribution in [0.3, 0.4) is 0 Å². The number of nitrogens with zero attached hydrogens (tertiary/aromatic N) is 1. The van der Waals surface area contributed by atoms with Crippen LogP contribution in [0.15, 0.2) is 0 Å². The average Bonchev–Trinajstić information content (AvgIpc) is 2.78. The standard InChI is InChI=1S/C9H13NO3/c11-8-4-3-7(9(12)13)10(8)5-6-1-2-6/h6-7H,1-5H2,(H,12,13). The molecule has 1 aliphatic carbocycles. The predicted octanol–water partition coefficient (Wildman–Crippen LogP) is 0.472. The third kappa shape index (κ3) is 1.66. The molecule has 0 aromatic carbocycles. The van der Waals surface area contributed by atoms with Gasteiger partial charge in [-0.25, -0.2) is 4.79 Å². The molecule has 0 bridgehead atoms. The van der Waals surface area contributed by atoms with Gasteiger partial charge in [0.05, 0.1) is 0 Å². The summed E-state index contributed by atoms with van der Waals surface area (Å²) in [4.78, 5) is 23.6. The van der Waals surface area contributed by atoms with Crippen LogP contribution in [-0.4, -0.2) is 34.5 Å². The van der Waals surface area contributed by atoms with Crippen molar-refractivity contribution in [2.24, 2.45) is 5.92 Å². The SMILES string of the molecule is O=C(O)C1CCC(=O)N1CC1CC1. The zero-order valence-corrected chi connectivity index (χ0v) is 7.40. The lowest BCUT2D eigenvalue weighted by atomic mass is 10.2. The van der Waals surface area contributed by atoms with Crippen LogP contribution in [0.4, 0.5) is 0 Å². The molecule has 2 fully saturated rings. The van der Waals surface area contributed by atoms with Crippen molar-refractivity contribution in [2.75, 3.05) is 6.54 Å². The quantitative estimate of drug-likeness (QED) is 0.692. The van der Waals surface area contributed by atoms with Crippen molar-refractivity contribution in [3.05, 3.63) is 0 Å². The second-order valence-electron chi connectivity index (χ2n) is 3.88. The summed E-state index contributed by atoms with van der Waals surface area (Å²) in [6.45, 7) is 0.663. The zero-order chi connectivity index (χ0) is 9.42. The molecule has 1 aliphatic heterocycles. The molecule has 1 unspecified atom stereocenters. The fourth-order valence-corrected chi connectivity index (χ4v) is 1.80. The minimum atomic E-state index is -0.855. The summed E-state index contributed by atoms with van der Waals surface area (Å²) in [5, 5.41) is 8.84. The van der Waals surface area contributed by atoms with Crippen molar-refractivity contribution < 1.29 is 14.7 Å². The molecule has 4 nitrogen and oxygen atoms in total. The molecule has 0 aromatic rings. The number of carboxylic acids is 1. The molecule has 1 saturated carbocycles. The molecule has 1 amide bonds. The van der Waals surface area contributed by atoms with E-state index in [4.69, 9.17) is 5.11 Å². The minimum absolute atomic E-state index is 0.0132. The van der Waals surface area contributed by atoms with Crippen molar-refractivity contribution in [1.82, 2.24) is 4.90 Å². The molecule has 13 heavy (non-hydrogen) atoms. The van der Waals surface area contributed by atoms with E-state index in [0.29, 0.717) is 25.3 Å². The first-order valence-electron chi connectivity index (χ1n) is 4.71. The summed E-state index contributed by atoms with van der Waals surface area (Å²) in [6.07, 6.45) is 3.19. The maximum Gasteiger partial charge on any atom is 0.326 e. The largest absolute Gasteiger partial charge is 0.480 e. The normalized spacial score (nSPS) is 28.2. The van der Waals surface area contributed by atoms with Gasteiger partial charge in [-0.2, -0.15) is 0 Å². The third-order valence-corrected chi connectivity index (χ3v) is 2.77. The fourth-order valence-electron chi connectivity index (χ4n) is 1.80. The molecule has 2 aliphatic rings. The summed E-state index contributed by atoms with van der Waals surface area (Å²) in [7, 11) is 0. The van der Waals surface area contributed by atoms with Crippen LogP contribution in [-0.2, 0) is 9.59 Å². The molecule has 1 heterocycles. The first kappa shape index (κ1) is 8.53. The van der Waals surface area contributed by atoms with Gasteiger partial charge >= 0.3 is 5.97 Å². The molecule has 0 radical (unpaired) electrons. The van der Waals surface area contributed by atoms with Gasteiger partial charge < -0.3 is 10.0 Å². The zero-order valence-electron chi connectivity index (χ0n) is 7.40. The number of likely N-dealkylation sites (tertiary alicyclic amines) is 1. The van der Waals surface area contributed by atoms with E-state index in [1.807, 2.05) is 0 Å². The third-order valence-electron chi connectivity index (χ3n) is 2.77. The minimum Gasteiger partial charge on any atom is -0.480 e. The Bertz CT molecular complexity index is 247. The number of carboxylic acid groups (broad SMARTS) is 1. The van der Waals surface area contributed by atoms with Crippen LogP contribution in [0.25, 0.3) is 0 Å². The molecule has 0 spiro atoms. The predicted molar refractivity (Wildman–Crippen MR) is 45.1 cm³/mol. The number of carbonyl (C=O) groups is 2. The van der Waals surface area contributed by atoms with Gasteiger partial charge in [-0.1, -0.05) is 0 Å². The molecule has 2 rings (SSSR count). The summed E-state index contributed by atoms with van der Waals surface area (Å²) in [6, 6.07) is -0.548. The van der Waals surface area contributed by atoms with Crippen LogP contribution >= 0.6 is 0 Å². The summed E-state index contributed by atoms with van der Waals surface area (Å²) in [5.74, 6) is -0.269. The smallest absolute Gasteiger partial charge is 0.326 e. The maximum atomic E-state index is 11.3. The van der Waals surface area contributed by atoms with Crippen LogP contribution in [0.2, 0.25) is 0 Å². The summed E-state index contributed by atoms with van der Waals surface area (Å²) >= 11 is 0. The van der Waals surface area contributed by atoms with Crippen LogP contribution in [0.1, 0.15) is 25.7 Å². The van der Waals surface area contributed by atoms with Gasteiger partial charge in [-0.3, -0.25) is 4.79 Å². The highest BCUT2D eigenvalue weighted by molar-refractivity contribution is 5.87. The van der Waals surface area contributed by atoms with Gasteiger partial charge in [0.25, 0.3) is 0 Å². The number of amides is 1. The highest BCUT2D eigenvalue weighted by Crippen LogP contribution is 2.32. The molecule has 72 valence electrons. The monoisotopic (exact) mass is 183 g/mol. The Kier molecular flexibility index (Phi) is 1.98. The number of carbonyl (C=O) groups excluding carboxylic acids is 1. The van der Waals surface area contributed by atoms with Crippen molar-refractivity contribution in [3.63, 3.8) is 0 Å². The lowest BCUT2D eigenvalue weighted by Gasteiger charge is -2.20. The summed E-state index contributed by atoms with van der Waals surface area (Å²) in [5.41, 5.74) is 0. The number of hydrogen-bond acceptors (Lipinski definition) is 2. The van der Waals surface area contributed by atoms with Crippen molar-refractivity contribution >= 4 is 11.9 Å². The average molecular weight is 183 g/mol. The lowest BCUT2D eigenvalue weighted by Crippen LogP contribution is -2.39. The highest BCUT2D eigenvalue weighted by atomic mass is 16.4. The first-order chi connectivity index (χ1) is 6.18. The second kappa shape index (κ2) is 3.01. The second-order valence-corrected chi connectivity index (χ2v) is 3.88. The van der Waals surface area contributed by atoms with Gasteiger partial charge in [-0.05, 0) is 25.2 Å². The Hall–Kier alpha value is -1.06. The molecule has 1 atom stereocenters. The first-order valence-corrected chi connectivity index (χ1v) is 4.71. The van der Waals surface area contributed by atoms with E-state index in [1.54, 1.807) is 4.90 Å². The Morgan fingerprint density at radius 2 is 2.15 bits per heavy atom. The van der Waals surface area contributed by atoms with E-state index in [9.17, 15) is 9.59 Å². The maximum absolute atomic E-state index is 11.3. The fraction of sp³-hybridized carbons (Fsp3) is 0.778. The molecule has 4 heteroatoms. The van der Waals surface area contributed by atoms with Crippen LogP contribution in [0, 0.1) is 5.92 Å². The Balaban J connectivity index is 2.01. The van der Waals surface area contributed by atoms with E-state index < -0.39 is 12.0 Å². The van der Waals surface area contributed by atoms with E-state index in [-0.39, 0.29) is 5.91 Å². The Morgan fingerprint density at radius 3 is 2.69 bits per heavy atom. The summed E-state index contributed by atoms with van der Waals surface area (Å²) < 4.78 is 0. The molecular weight excluding hydrogens is 170 g/mol.